The van der Waals surface area contributed by atoms with E-state index in [0.29, 0.717) is 0 Å². The Bertz CT molecular complexity index is 4540. The zero-order valence-electron chi connectivity index (χ0n) is 47.5. The first-order valence-corrected chi connectivity index (χ1v) is 29.5. The predicted octanol–water partition coefficient (Wildman–Crippen LogP) is 23.6. The van der Waals surface area contributed by atoms with Crippen molar-refractivity contribution in [2.45, 2.75) is 0 Å². The van der Waals surface area contributed by atoms with Crippen LogP contribution in [0.5, 0.6) is 0 Å². The highest BCUT2D eigenvalue weighted by Crippen LogP contribution is 2.47. The minimum absolute atomic E-state index is 1.06. The molecule has 0 N–H and O–H groups in total. The molecule has 0 unspecified atom stereocenters. The van der Waals surface area contributed by atoms with Gasteiger partial charge in [-0.2, -0.15) is 0 Å². The fourth-order valence-electron chi connectivity index (χ4n) is 11.9. The summed E-state index contributed by atoms with van der Waals surface area (Å²) in [5, 5.41) is 0. The van der Waals surface area contributed by atoms with Crippen molar-refractivity contribution in [3.63, 3.8) is 0 Å². The van der Waals surface area contributed by atoms with Gasteiger partial charge in [-0.1, -0.05) is 285 Å². The van der Waals surface area contributed by atoms with Crippen molar-refractivity contribution in [3.05, 3.63) is 364 Å². The fourth-order valence-corrected chi connectivity index (χ4v) is 11.9. The average Bonchev–Trinajstić information content (AvgIpc) is 1.49. The molecule has 14 aromatic carbocycles. The molecule has 0 aromatic heterocycles. The molecule has 14 aromatic rings. The van der Waals surface area contributed by atoms with Gasteiger partial charge in [-0.15, -0.1) is 0 Å². The van der Waals surface area contributed by atoms with Crippen LogP contribution in [0.1, 0.15) is 0 Å². The molecule has 0 saturated heterocycles. The fraction of sp³-hybridized carbons (Fsp3) is 0. The molecular weight excluding hydrogens is 1040 g/mol. The Morgan fingerprint density at radius 1 is 0.128 bits per heavy atom. The molecule has 0 aliphatic carbocycles. The van der Waals surface area contributed by atoms with Crippen molar-refractivity contribution < 1.29 is 0 Å². The Kier molecular flexibility index (Phi) is 14.9. The lowest BCUT2D eigenvalue weighted by Crippen LogP contribution is -2.12. The minimum Gasteiger partial charge on any atom is -0.310 e. The first-order chi connectivity index (χ1) is 42.6. The van der Waals surface area contributed by atoms with Gasteiger partial charge in [0.15, 0.2) is 0 Å². The summed E-state index contributed by atoms with van der Waals surface area (Å²) in [6.45, 7) is 0. The summed E-state index contributed by atoms with van der Waals surface area (Å²) in [6, 6.07) is 132. The molecule has 0 aliphatic rings. The average molecular weight is 1100 g/mol. The summed E-state index contributed by atoms with van der Waals surface area (Å²) in [5.41, 5.74) is 27.2. The third kappa shape index (κ3) is 11.2. The molecule has 0 saturated carbocycles. The predicted molar refractivity (Wildman–Crippen MR) is 365 cm³/mol. The van der Waals surface area contributed by atoms with E-state index in [0.717, 1.165) is 112 Å². The quantitative estimate of drug-likeness (QED) is 0.101. The zero-order chi connectivity index (χ0) is 57.4. The monoisotopic (exact) mass is 1100 g/mol. The van der Waals surface area contributed by atoms with Crippen molar-refractivity contribution in [1.82, 2.24) is 0 Å². The second-order valence-corrected chi connectivity index (χ2v) is 21.7. The molecule has 86 heavy (non-hydrogen) atoms. The molecule has 0 fully saturated rings. The third-order valence-electron chi connectivity index (χ3n) is 16.2. The van der Waals surface area contributed by atoms with E-state index >= 15 is 0 Å². The topological polar surface area (TPSA) is 6.48 Å². The summed E-state index contributed by atoms with van der Waals surface area (Å²) in [7, 11) is 0. The second kappa shape index (κ2) is 24.3. The van der Waals surface area contributed by atoms with Gasteiger partial charge in [-0.05, 0) is 168 Å². The molecule has 406 valence electrons. The van der Waals surface area contributed by atoms with Crippen LogP contribution in [-0.4, -0.2) is 0 Å². The van der Waals surface area contributed by atoms with Crippen LogP contribution in [0.3, 0.4) is 0 Å². The summed E-state index contributed by atoms with van der Waals surface area (Å²) in [4.78, 5) is 4.87. The van der Waals surface area contributed by atoms with Crippen molar-refractivity contribution >= 4 is 34.1 Å². The molecule has 0 spiro atoms. The molecule has 14 rings (SSSR count). The molecular formula is C84H60N2. The van der Waals surface area contributed by atoms with Gasteiger partial charge >= 0.3 is 0 Å². The van der Waals surface area contributed by atoms with Crippen molar-refractivity contribution in [1.29, 1.82) is 0 Å². The lowest BCUT2D eigenvalue weighted by atomic mass is 9.94. The maximum atomic E-state index is 2.45. The Morgan fingerprint density at radius 3 is 0.837 bits per heavy atom. The zero-order valence-corrected chi connectivity index (χ0v) is 47.5. The van der Waals surface area contributed by atoms with Crippen molar-refractivity contribution in [3.8, 4) is 100 Å². The first kappa shape index (κ1) is 52.7. The number of hydrogen-bond donors (Lipinski definition) is 0. The summed E-state index contributed by atoms with van der Waals surface area (Å²) >= 11 is 0. The van der Waals surface area contributed by atoms with Crippen LogP contribution >= 0.6 is 0 Å². The van der Waals surface area contributed by atoms with Crippen molar-refractivity contribution in [2.75, 3.05) is 9.80 Å². The van der Waals surface area contributed by atoms with Gasteiger partial charge in [0.05, 0.1) is 11.4 Å². The van der Waals surface area contributed by atoms with Crippen LogP contribution in [0.25, 0.3) is 100 Å². The van der Waals surface area contributed by atoms with E-state index in [4.69, 9.17) is 0 Å². The largest absolute Gasteiger partial charge is 0.310 e. The SMILES string of the molecule is c1ccc(-c2cccc(-c3ccccc3N(c3cccc(-c4ccccc4)c3)c3cccc(-c4ccc(-c5ccc(N(c6cccc(-c7ccccc7)c6)c6cc(-c7ccccc7)cc(-c7ccccc7)c6)c(-c6ccccc6)c5)cc4)c3)c2)cc1. The van der Waals surface area contributed by atoms with Crippen LogP contribution in [-0.2, 0) is 0 Å². The van der Waals surface area contributed by atoms with Gasteiger partial charge in [0.1, 0.15) is 0 Å². The molecule has 0 radical (unpaired) electrons. The van der Waals surface area contributed by atoms with Crippen LogP contribution < -0.4 is 9.80 Å². The van der Waals surface area contributed by atoms with E-state index < -0.39 is 0 Å². The van der Waals surface area contributed by atoms with Crippen LogP contribution in [0.4, 0.5) is 34.1 Å². The van der Waals surface area contributed by atoms with Gasteiger partial charge < -0.3 is 9.80 Å². The number of benzene rings is 14. The molecule has 0 amide bonds. The van der Waals surface area contributed by atoms with E-state index in [2.05, 4.69) is 374 Å². The van der Waals surface area contributed by atoms with Gasteiger partial charge in [0.25, 0.3) is 0 Å². The van der Waals surface area contributed by atoms with Crippen molar-refractivity contribution in [2.24, 2.45) is 0 Å². The Labute approximate surface area is 505 Å². The Morgan fingerprint density at radius 2 is 0.395 bits per heavy atom. The standard InChI is InChI=1S/C84H60N2/c1-7-25-61(26-8-1)69-37-21-41-74(53-69)81-45-19-20-46-83(81)85(77-42-22-38-70(55-77)62-27-9-2-10-28-62)78-43-24-40-72(57-78)66-47-49-67(50-48-66)73-51-52-84(82(60-73)68-35-17-6-18-36-68)86(79-44-23-39-71(56-79)63-29-11-3-12-30-63)80-58-75(64-31-13-4-14-32-64)54-76(59-80)65-33-15-5-16-34-65/h1-60H. The van der Waals surface area contributed by atoms with E-state index in [9.17, 15) is 0 Å². The van der Waals surface area contributed by atoms with E-state index in [1.807, 2.05) is 0 Å². The summed E-state index contributed by atoms with van der Waals surface area (Å²) in [6.07, 6.45) is 0. The normalized spacial score (nSPS) is 11.0. The lowest BCUT2D eigenvalue weighted by molar-refractivity contribution is 1.28. The Balaban J connectivity index is 0.870. The number of anilines is 6. The highest BCUT2D eigenvalue weighted by atomic mass is 15.2. The van der Waals surface area contributed by atoms with E-state index in [-0.39, 0.29) is 0 Å². The van der Waals surface area contributed by atoms with Crippen LogP contribution in [0.15, 0.2) is 364 Å². The molecule has 0 atom stereocenters. The van der Waals surface area contributed by atoms with Gasteiger partial charge in [0, 0.05) is 33.9 Å². The highest BCUT2D eigenvalue weighted by Gasteiger charge is 2.23. The number of hydrogen-bond acceptors (Lipinski definition) is 2. The number of nitrogens with zero attached hydrogens (tertiary/aromatic N) is 2. The minimum atomic E-state index is 1.06. The molecule has 0 heterocycles. The van der Waals surface area contributed by atoms with Gasteiger partial charge in [-0.25, -0.2) is 0 Å². The maximum Gasteiger partial charge on any atom is 0.0540 e. The number of rotatable bonds is 15. The second-order valence-electron chi connectivity index (χ2n) is 21.7. The molecule has 0 aliphatic heterocycles. The first-order valence-electron chi connectivity index (χ1n) is 29.5. The molecule has 0 bridgehead atoms. The summed E-state index contributed by atoms with van der Waals surface area (Å²) < 4.78 is 0. The lowest BCUT2D eigenvalue weighted by Gasteiger charge is -2.30. The van der Waals surface area contributed by atoms with Gasteiger partial charge in [-0.3, -0.25) is 0 Å². The third-order valence-corrected chi connectivity index (χ3v) is 16.2. The Hall–Kier alpha value is -11.3. The van der Waals surface area contributed by atoms with E-state index in [1.165, 1.54) is 22.3 Å². The molecule has 2 heteroatoms. The van der Waals surface area contributed by atoms with Gasteiger partial charge in [0.2, 0.25) is 0 Å². The smallest absolute Gasteiger partial charge is 0.0540 e. The summed E-state index contributed by atoms with van der Waals surface area (Å²) in [5.74, 6) is 0. The van der Waals surface area contributed by atoms with Crippen LogP contribution in [0.2, 0.25) is 0 Å². The van der Waals surface area contributed by atoms with Crippen LogP contribution in [0, 0.1) is 0 Å². The highest BCUT2D eigenvalue weighted by molar-refractivity contribution is 5.95. The van der Waals surface area contributed by atoms with E-state index in [1.54, 1.807) is 0 Å². The molecule has 2 nitrogen and oxygen atoms in total. The number of para-hydroxylation sites is 1. The maximum absolute atomic E-state index is 2.45.